The number of halogens is 1. The van der Waals surface area contributed by atoms with Gasteiger partial charge in [0.25, 0.3) is 5.56 Å². The quantitative estimate of drug-likeness (QED) is 0.883. The minimum atomic E-state index is -0.225. The highest BCUT2D eigenvalue weighted by atomic mass is 19.1. The van der Waals surface area contributed by atoms with Gasteiger partial charge in [-0.3, -0.25) is 4.79 Å². The number of benzene rings is 1. The molecule has 0 radical (unpaired) electrons. The normalized spacial score (nSPS) is 18.2. The van der Waals surface area contributed by atoms with Gasteiger partial charge in [-0.1, -0.05) is 24.3 Å². The largest absolute Gasteiger partial charge is 0.350 e. The first kappa shape index (κ1) is 16.4. The summed E-state index contributed by atoms with van der Waals surface area (Å²) in [5.41, 5.74) is 0.831. The number of H-pyrrole nitrogens is 1. The lowest BCUT2D eigenvalue weighted by Gasteiger charge is -2.33. The van der Waals surface area contributed by atoms with E-state index in [0.29, 0.717) is 11.9 Å². The van der Waals surface area contributed by atoms with Crippen molar-refractivity contribution in [1.82, 2.24) is 15.3 Å². The molecule has 0 spiro atoms. The van der Waals surface area contributed by atoms with E-state index < -0.39 is 0 Å². The number of nitrogens with zero attached hydrogens (tertiary/aromatic N) is 2. The minimum Gasteiger partial charge on any atom is -0.350 e. The molecule has 0 saturated carbocycles. The average molecular weight is 328 g/mol. The summed E-state index contributed by atoms with van der Waals surface area (Å²) in [7, 11) is 0. The third kappa shape index (κ3) is 4.29. The van der Waals surface area contributed by atoms with Crippen molar-refractivity contribution < 1.29 is 4.39 Å². The summed E-state index contributed by atoms with van der Waals surface area (Å²) in [5.74, 6) is 0.267. The Labute approximate surface area is 140 Å². The fourth-order valence-electron chi connectivity index (χ4n) is 2.91. The molecule has 126 valence electrons. The summed E-state index contributed by atoms with van der Waals surface area (Å²) in [6.45, 7) is 2.35. The van der Waals surface area contributed by atoms with Crippen LogP contribution in [0.4, 0.5) is 10.2 Å². The lowest BCUT2D eigenvalue weighted by atomic mass is 10.1. The van der Waals surface area contributed by atoms with Gasteiger partial charge >= 0.3 is 0 Å². The molecule has 24 heavy (non-hydrogen) atoms. The van der Waals surface area contributed by atoms with Crippen molar-refractivity contribution in [3.63, 3.8) is 0 Å². The molecule has 1 fully saturated rings. The predicted molar refractivity (Wildman–Crippen MR) is 93.5 cm³/mol. The lowest BCUT2D eigenvalue weighted by Crippen LogP contribution is -2.47. The van der Waals surface area contributed by atoms with Gasteiger partial charge in [-0.15, -0.1) is 0 Å². The SMILES string of the molecule is O=c1[nH]ccnc1N1CCCC(NC/C=C/c2ccc(F)cc2)C1. The van der Waals surface area contributed by atoms with Crippen LogP contribution in [0.15, 0.2) is 47.5 Å². The van der Waals surface area contributed by atoms with Crippen molar-refractivity contribution >= 4 is 11.9 Å². The van der Waals surface area contributed by atoms with Gasteiger partial charge in [0.15, 0.2) is 5.82 Å². The number of aromatic nitrogens is 2. The topological polar surface area (TPSA) is 61.0 Å². The fraction of sp³-hybridized carbons (Fsp3) is 0.333. The van der Waals surface area contributed by atoms with Crippen LogP contribution in [0.5, 0.6) is 0 Å². The van der Waals surface area contributed by atoms with E-state index in [1.807, 2.05) is 17.1 Å². The summed E-state index contributed by atoms with van der Waals surface area (Å²) >= 11 is 0. The average Bonchev–Trinajstić information content (AvgIpc) is 2.61. The van der Waals surface area contributed by atoms with Crippen LogP contribution in [0.2, 0.25) is 0 Å². The Bertz CT molecular complexity index is 741. The third-order valence-corrected chi connectivity index (χ3v) is 4.11. The molecule has 2 N–H and O–H groups in total. The van der Waals surface area contributed by atoms with E-state index in [-0.39, 0.29) is 11.4 Å². The molecule has 3 rings (SSSR count). The number of aromatic amines is 1. The molecule has 0 aliphatic carbocycles. The molecule has 5 nitrogen and oxygen atoms in total. The second-order valence-electron chi connectivity index (χ2n) is 5.89. The first-order valence-electron chi connectivity index (χ1n) is 8.16. The van der Waals surface area contributed by atoms with Crippen LogP contribution >= 0.6 is 0 Å². The van der Waals surface area contributed by atoms with E-state index in [4.69, 9.17) is 0 Å². The van der Waals surface area contributed by atoms with E-state index in [1.54, 1.807) is 24.5 Å². The Kier molecular flexibility index (Phi) is 5.38. The second-order valence-corrected chi connectivity index (χ2v) is 5.89. The van der Waals surface area contributed by atoms with Crippen LogP contribution < -0.4 is 15.8 Å². The summed E-state index contributed by atoms with van der Waals surface area (Å²) in [6.07, 6.45) is 9.25. The van der Waals surface area contributed by atoms with Crippen molar-refractivity contribution in [2.45, 2.75) is 18.9 Å². The maximum absolute atomic E-state index is 12.9. The number of rotatable bonds is 5. The highest BCUT2D eigenvalue weighted by Crippen LogP contribution is 2.14. The summed E-state index contributed by atoms with van der Waals surface area (Å²) in [6, 6.07) is 6.73. The van der Waals surface area contributed by atoms with Gasteiger partial charge in [0.1, 0.15) is 5.82 Å². The zero-order chi connectivity index (χ0) is 16.8. The molecule has 0 amide bonds. The van der Waals surface area contributed by atoms with Crippen LogP contribution in [0.25, 0.3) is 6.08 Å². The summed E-state index contributed by atoms with van der Waals surface area (Å²) in [5, 5.41) is 3.48. The number of hydrogen-bond acceptors (Lipinski definition) is 4. The maximum Gasteiger partial charge on any atom is 0.290 e. The third-order valence-electron chi connectivity index (χ3n) is 4.11. The van der Waals surface area contributed by atoms with Crippen molar-refractivity contribution in [2.75, 3.05) is 24.5 Å². The van der Waals surface area contributed by atoms with Gasteiger partial charge in [0, 0.05) is 38.1 Å². The van der Waals surface area contributed by atoms with E-state index >= 15 is 0 Å². The van der Waals surface area contributed by atoms with Crippen LogP contribution in [0.1, 0.15) is 18.4 Å². The Balaban J connectivity index is 1.51. The Morgan fingerprint density at radius 1 is 1.38 bits per heavy atom. The monoisotopic (exact) mass is 328 g/mol. The molecule has 1 saturated heterocycles. The molecule has 1 aromatic carbocycles. The maximum atomic E-state index is 12.9. The standard InChI is InChI=1S/C18H21FN4O/c19-15-7-5-14(6-8-15)3-1-9-20-16-4-2-12-23(13-16)17-18(24)22-11-10-21-17/h1,3,5-8,10-11,16,20H,2,4,9,12-13H2,(H,22,24)/b3-1+. The number of hydrogen-bond donors (Lipinski definition) is 2. The molecule has 2 aromatic rings. The molecule has 0 bridgehead atoms. The molecule has 1 aliphatic heterocycles. The van der Waals surface area contributed by atoms with Crippen molar-refractivity contribution in [1.29, 1.82) is 0 Å². The molecular formula is C18H21FN4O. The van der Waals surface area contributed by atoms with Gasteiger partial charge in [0.2, 0.25) is 0 Å². The number of nitrogens with one attached hydrogen (secondary N) is 2. The molecule has 6 heteroatoms. The van der Waals surface area contributed by atoms with Crippen LogP contribution in [-0.2, 0) is 0 Å². The van der Waals surface area contributed by atoms with Crippen LogP contribution in [-0.4, -0.2) is 35.6 Å². The highest BCUT2D eigenvalue weighted by molar-refractivity contribution is 5.49. The van der Waals surface area contributed by atoms with E-state index in [2.05, 4.69) is 15.3 Å². The van der Waals surface area contributed by atoms with E-state index in [0.717, 1.165) is 38.0 Å². The van der Waals surface area contributed by atoms with Gasteiger partial charge in [0.05, 0.1) is 0 Å². The fourth-order valence-corrected chi connectivity index (χ4v) is 2.91. The van der Waals surface area contributed by atoms with Crippen molar-refractivity contribution in [3.8, 4) is 0 Å². The van der Waals surface area contributed by atoms with E-state index in [9.17, 15) is 9.18 Å². The molecule has 2 heterocycles. The second kappa shape index (κ2) is 7.88. The molecular weight excluding hydrogens is 307 g/mol. The zero-order valence-electron chi connectivity index (χ0n) is 13.4. The first-order chi connectivity index (χ1) is 11.7. The minimum absolute atomic E-state index is 0.144. The predicted octanol–water partition coefficient (Wildman–Crippen LogP) is 2.18. The smallest absolute Gasteiger partial charge is 0.290 e. The highest BCUT2D eigenvalue weighted by Gasteiger charge is 2.21. The van der Waals surface area contributed by atoms with Gasteiger partial charge in [-0.05, 0) is 30.5 Å². The van der Waals surface area contributed by atoms with Crippen LogP contribution in [0.3, 0.4) is 0 Å². The van der Waals surface area contributed by atoms with E-state index in [1.165, 1.54) is 12.1 Å². The Hall–Kier alpha value is -2.47. The number of anilines is 1. The Morgan fingerprint density at radius 3 is 3.00 bits per heavy atom. The lowest BCUT2D eigenvalue weighted by molar-refractivity contribution is 0.435. The number of piperidine rings is 1. The molecule has 1 aliphatic rings. The van der Waals surface area contributed by atoms with Crippen molar-refractivity contribution in [2.24, 2.45) is 0 Å². The van der Waals surface area contributed by atoms with Crippen molar-refractivity contribution in [3.05, 3.63) is 64.5 Å². The summed E-state index contributed by atoms with van der Waals surface area (Å²) < 4.78 is 12.9. The molecule has 1 atom stereocenters. The summed E-state index contributed by atoms with van der Waals surface area (Å²) in [4.78, 5) is 20.7. The van der Waals surface area contributed by atoms with Crippen LogP contribution in [0, 0.1) is 5.82 Å². The molecule has 1 unspecified atom stereocenters. The van der Waals surface area contributed by atoms with Gasteiger partial charge in [-0.2, -0.15) is 0 Å². The van der Waals surface area contributed by atoms with Gasteiger partial charge in [-0.25, -0.2) is 9.37 Å². The Morgan fingerprint density at radius 2 is 2.21 bits per heavy atom. The molecule has 1 aromatic heterocycles. The zero-order valence-corrected chi connectivity index (χ0v) is 13.4. The van der Waals surface area contributed by atoms with Gasteiger partial charge < -0.3 is 15.2 Å². The first-order valence-corrected chi connectivity index (χ1v) is 8.16.